The van der Waals surface area contributed by atoms with Crippen molar-refractivity contribution in [2.45, 2.75) is 64.3 Å². The highest BCUT2D eigenvalue weighted by Gasteiger charge is 2.42. The number of rotatable bonds is 8. The summed E-state index contributed by atoms with van der Waals surface area (Å²) in [7, 11) is 0. The van der Waals surface area contributed by atoms with E-state index in [2.05, 4.69) is 27.7 Å². The van der Waals surface area contributed by atoms with Gasteiger partial charge in [0.1, 0.15) is 0 Å². The third kappa shape index (κ3) is 3.65. The van der Waals surface area contributed by atoms with Crippen LogP contribution < -0.4 is 11.5 Å². The van der Waals surface area contributed by atoms with E-state index < -0.39 is 5.41 Å². The van der Waals surface area contributed by atoms with Gasteiger partial charge in [-0.05, 0) is 37.2 Å². The fourth-order valence-electron chi connectivity index (χ4n) is 3.10. The van der Waals surface area contributed by atoms with Crippen LogP contribution in [0, 0.1) is 5.92 Å². The minimum absolute atomic E-state index is 0.135. The van der Waals surface area contributed by atoms with E-state index in [-0.39, 0.29) is 17.4 Å². The number of carbonyl (C=O) groups excluding carboxylic acids is 1. The van der Waals surface area contributed by atoms with Crippen LogP contribution in [0.5, 0.6) is 0 Å². The highest BCUT2D eigenvalue weighted by molar-refractivity contribution is 5.87. The van der Waals surface area contributed by atoms with E-state index in [1.807, 2.05) is 30.3 Å². The van der Waals surface area contributed by atoms with Gasteiger partial charge in [0.25, 0.3) is 0 Å². The number of amides is 1. The summed E-state index contributed by atoms with van der Waals surface area (Å²) in [5.41, 5.74) is 12.4. The van der Waals surface area contributed by atoms with Gasteiger partial charge in [-0.25, -0.2) is 0 Å². The van der Waals surface area contributed by atoms with Gasteiger partial charge in [-0.3, -0.25) is 4.79 Å². The van der Waals surface area contributed by atoms with E-state index >= 15 is 0 Å². The van der Waals surface area contributed by atoms with Gasteiger partial charge >= 0.3 is 0 Å². The molecule has 3 heteroatoms. The SMILES string of the molecule is CCC(N)(CC)CCC(C(N)=O)(c1ccccc1)C(C)C. The lowest BCUT2D eigenvalue weighted by Gasteiger charge is -2.38. The largest absolute Gasteiger partial charge is 0.369 e. The van der Waals surface area contributed by atoms with Crippen molar-refractivity contribution in [2.24, 2.45) is 17.4 Å². The van der Waals surface area contributed by atoms with Crippen molar-refractivity contribution >= 4 is 5.91 Å². The summed E-state index contributed by atoms with van der Waals surface area (Å²) in [6.45, 7) is 8.34. The van der Waals surface area contributed by atoms with Crippen molar-refractivity contribution in [3.8, 4) is 0 Å². The first kappa shape index (κ1) is 17.7. The Morgan fingerprint density at radius 2 is 1.62 bits per heavy atom. The fourth-order valence-corrected chi connectivity index (χ4v) is 3.10. The molecule has 1 rings (SSSR count). The molecule has 1 amide bonds. The topological polar surface area (TPSA) is 69.1 Å². The Kier molecular flexibility index (Phi) is 5.97. The molecular weight excluding hydrogens is 260 g/mol. The summed E-state index contributed by atoms with van der Waals surface area (Å²) >= 11 is 0. The number of primary amides is 1. The maximum Gasteiger partial charge on any atom is 0.228 e. The summed E-state index contributed by atoms with van der Waals surface area (Å²) in [6.07, 6.45) is 3.31. The van der Waals surface area contributed by atoms with Crippen molar-refractivity contribution in [1.29, 1.82) is 0 Å². The lowest BCUT2D eigenvalue weighted by Crippen LogP contribution is -2.48. The third-order valence-corrected chi connectivity index (χ3v) is 5.14. The number of hydrogen-bond donors (Lipinski definition) is 2. The molecule has 0 aliphatic heterocycles. The maximum absolute atomic E-state index is 12.3. The summed E-state index contributed by atoms with van der Waals surface area (Å²) in [5, 5.41) is 0. The Bertz CT molecular complexity index is 452. The molecule has 1 aromatic carbocycles. The van der Waals surface area contributed by atoms with Crippen LogP contribution in [0.1, 0.15) is 58.9 Å². The molecule has 0 bridgehead atoms. The highest BCUT2D eigenvalue weighted by Crippen LogP contribution is 2.39. The summed E-state index contributed by atoms with van der Waals surface area (Å²) < 4.78 is 0. The maximum atomic E-state index is 12.3. The second-order valence-electron chi connectivity index (χ2n) is 6.43. The predicted octanol–water partition coefficient (Wildman–Crippen LogP) is 3.36. The molecule has 0 heterocycles. The summed E-state index contributed by atoms with van der Waals surface area (Å²) in [6, 6.07) is 9.89. The van der Waals surface area contributed by atoms with Crippen LogP contribution >= 0.6 is 0 Å². The molecule has 0 spiro atoms. The van der Waals surface area contributed by atoms with Crippen molar-refractivity contribution in [3.05, 3.63) is 35.9 Å². The van der Waals surface area contributed by atoms with Crippen LogP contribution in [0.4, 0.5) is 0 Å². The Morgan fingerprint density at radius 1 is 1.10 bits per heavy atom. The van der Waals surface area contributed by atoms with Crippen LogP contribution in [-0.4, -0.2) is 11.4 Å². The van der Waals surface area contributed by atoms with E-state index in [9.17, 15) is 4.79 Å². The fraction of sp³-hybridized carbons (Fsp3) is 0.611. The normalized spacial score (nSPS) is 15.0. The molecule has 0 radical (unpaired) electrons. The zero-order valence-corrected chi connectivity index (χ0v) is 13.9. The van der Waals surface area contributed by atoms with Gasteiger partial charge < -0.3 is 11.5 Å². The first-order valence-corrected chi connectivity index (χ1v) is 7.96. The van der Waals surface area contributed by atoms with Gasteiger partial charge in [0, 0.05) is 5.54 Å². The van der Waals surface area contributed by atoms with Gasteiger partial charge in [0.2, 0.25) is 5.91 Å². The van der Waals surface area contributed by atoms with Crippen molar-refractivity contribution in [2.75, 3.05) is 0 Å². The zero-order valence-electron chi connectivity index (χ0n) is 13.9. The first-order chi connectivity index (χ1) is 9.82. The lowest BCUT2D eigenvalue weighted by molar-refractivity contribution is -0.125. The standard InChI is InChI=1S/C18H30N2O/c1-5-17(20,6-2)12-13-18(14(3)4,16(19)21)15-10-8-7-9-11-15/h7-11,14H,5-6,12-13,20H2,1-4H3,(H2,19,21). The molecule has 0 saturated carbocycles. The van der Waals surface area contributed by atoms with Crippen LogP contribution in [0.25, 0.3) is 0 Å². The number of carbonyl (C=O) groups is 1. The Hall–Kier alpha value is -1.35. The average Bonchev–Trinajstić information content (AvgIpc) is 2.48. The third-order valence-electron chi connectivity index (χ3n) is 5.14. The molecule has 0 fully saturated rings. The summed E-state index contributed by atoms with van der Waals surface area (Å²) in [5.74, 6) is -0.117. The monoisotopic (exact) mass is 290 g/mol. The lowest BCUT2D eigenvalue weighted by atomic mass is 9.66. The van der Waals surface area contributed by atoms with E-state index in [0.717, 1.165) is 24.8 Å². The minimum Gasteiger partial charge on any atom is -0.369 e. The molecule has 118 valence electrons. The van der Waals surface area contributed by atoms with Crippen molar-refractivity contribution in [3.63, 3.8) is 0 Å². The van der Waals surface area contributed by atoms with Crippen LogP contribution in [0.2, 0.25) is 0 Å². The molecular formula is C18H30N2O. The molecule has 0 aliphatic rings. The molecule has 1 atom stereocenters. The molecule has 21 heavy (non-hydrogen) atoms. The quantitative estimate of drug-likeness (QED) is 0.770. The van der Waals surface area contributed by atoms with E-state index in [1.54, 1.807) is 0 Å². The molecule has 0 saturated heterocycles. The number of benzene rings is 1. The van der Waals surface area contributed by atoms with E-state index in [4.69, 9.17) is 11.5 Å². The number of nitrogens with two attached hydrogens (primary N) is 2. The van der Waals surface area contributed by atoms with Crippen LogP contribution in [0.3, 0.4) is 0 Å². The van der Waals surface area contributed by atoms with Crippen LogP contribution in [0.15, 0.2) is 30.3 Å². The van der Waals surface area contributed by atoms with Gasteiger partial charge in [-0.2, -0.15) is 0 Å². The van der Waals surface area contributed by atoms with Gasteiger partial charge in [-0.15, -0.1) is 0 Å². The molecule has 0 aliphatic carbocycles. The molecule has 4 N–H and O–H groups in total. The Morgan fingerprint density at radius 3 is 2.00 bits per heavy atom. The van der Waals surface area contributed by atoms with E-state index in [0.29, 0.717) is 6.42 Å². The van der Waals surface area contributed by atoms with Crippen molar-refractivity contribution < 1.29 is 4.79 Å². The van der Waals surface area contributed by atoms with E-state index in [1.165, 1.54) is 0 Å². The molecule has 0 aromatic heterocycles. The predicted molar refractivity (Wildman–Crippen MR) is 88.9 cm³/mol. The molecule has 3 nitrogen and oxygen atoms in total. The first-order valence-electron chi connectivity index (χ1n) is 7.96. The Balaban J connectivity index is 3.18. The zero-order chi connectivity index (χ0) is 16.1. The Labute approximate surface area is 129 Å². The highest BCUT2D eigenvalue weighted by atomic mass is 16.1. The second kappa shape index (κ2) is 7.08. The second-order valence-corrected chi connectivity index (χ2v) is 6.43. The van der Waals surface area contributed by atoms with Gasteiger partial charge in [0.15, 0.2) is 0 Å². The smallest absolute Gasteiger partial charge is 0.228 e. The number of hydrogen-bond acceptors (Lipinski definition) is 2. The molecule has 1 aromatic rings. The van der Waals surface area contributed by atoms with Crippen molar-refractivity contribution in [1.82, 2.24) is 0 Å². The minimum atomic E-state index is -0.643. The van der Waals surface area contributed by atoms with Gasteiger partial charge in [0.05, 0.1) is 5.41 Å². The average molecular weight is 290 g/mol. The van der Waals surface area contributed by atoms with Gasteiger partial charge in [-0.1, -0.05) is 58.0 Å². The molecule has 1 unspecified atom stereocenters. The van der Waals surface area contributed by atoms with Crippen LogP contribution in [-0.2, 0) is 10.2 Å². The summed E-state index contributed by atoms with van der Waals surface area (Å²) in [4.78, 5) is 12.3.